The van der Waals surface area contributed by atoms with Gasteiger partial charge in [0, 0.05) is 36.9 Å². The first kappa shape index (κ1) is 38.7. The summed E-state index contributed by atoms with van der Waals surface area (Å²) >= 11 is 1.87. The van der Waals surface area contributed by atoms with Crippen LogP contribution in [-0.2, 0) is 5.41 Å². The molecule has 4 heteroatoms. The van der Waals surface area contributed by atoms with E-state index in [1.165, 1.54) is 75.8 Å². The molecule has 0 amide bonds. The topological polar surface area (TPSA) is 38.7 Å². The molecule has 68 heavy (non-hydrogen) atoms. The molecule has 10 aromatic carbocycles. The second kappa shape index (κ2) is 15.2. The van der Waals surface area contributed by atoms with E-state index in [0.29, 0.717) is 17.5 Å². The van der Waals surface area contributed by atoms with Gasteiger partial charge >= 0.3 is 0 Å². The van der Waals surface area contributed by atoms with Crippen molar-refractivity contribution in [1.29, 1.82) is 0 Å². The van der Waals surface area contributed by atoms with Crippen LogP contribution in [0.5, 0.6) is 0 Å². The average Bonchev–Trinajstić information content (AvgIpc) is 4.05. The monoisotopic (exact) mass is 881 g/mol. The van der Waals surface area contributed by atoms with E-state index < -0.39 is 5.41 Å². The van der Waals surface area contributed by atoms with Gasteiger partial charge in [-0.25, -0.2) is 15.0 Å². The van der Waals surface area contributed by atoms with Crippen molar-refractivity contribution in [2.75, 3.05) is 0 Å². The van der Waals surface area contributed by atoms with E-state index >= 15 is 0 Å². The molecular formula is C64H39N3S. The maximum atomic E-state index is 5.33. The van der Waals surface area contributed by atoms with Crippen molar-refractivity contribution in [1.82, 2.24) is 15.0 Å². The summed E-state index contributed by atoms with van der Waals surface area (Å²) in [6.45, 7) is 0. The number of hydrogen-bond acceptors (Lipinski definition) is 4. The van der Waals surface area contributed by atoms with E-state index in [2.05, 4.69) is 231 Å². The van der Waals surface area contributed by atoms with Gasteiger partial charge in [-0.2, -0.15) is 0 Å². The van der Waals surface area contributed by atoms with Crippen LogP contribution in [0.25, 0.3) is 110 Å². The molecular weight excluding hydrogens is 843 g/mol. The fraction of sp³-hybridized carbons (Fsp3) is 0.0156. The van der Waals surface area contributed by atoms with Crippen molar-refractivity contribution in [3.63, 3.8) is 0 Å². The fourth-order valence-corrected chi connectivity index (χ4v) is 12.3. The first-order valence-electron chi connectivity index (χ1n) is 23.2. The van der Waals surface area contributed by atoms with E-state index in [9.17, 15) is 0 Å². The van der Waals surface area contributed by atoms with Crippen molar-refractivity contribution in [3.8, 4) is 89.8 Å². The number of rotatable bonds is 6. The summed E-state index contributed by atoms with van der Waals surface area (Å²) in [4.78, 5) is 15.9. The van der Waals surface area contributed by atoms with Crippen molar-refractivity contribution in [2.24, 2.45) is 0 Å². The van der Waals surface area contributed by atoms with Gasteiger partial charge in [0.2, 0.25) is 0 Å². The zero-order chi connectivity index (χ0) is 44.8. The quantitative estimate of drug-likeness (QED) is 0.167. The van der Waals surface area contributed by atoms with Gasteiger partial charge in [-0.05, 0) is 96.1 Å². The summed E-state index contributed by atoms with van der Waals surface area (Å²) in [5, 5.41) is 2.63. The zero-order valence-electron chi connectivity index (χ0n) is 36.8. The molecule has 0 radical (unpaired) electrons. The van der Waals surface area contributed by atoms with Gasteiger partial charge in [0.25, 0.3) is 0 Å². The van der Waals surface area contributed by atoms with Crippen LogP contribution in [0.15, 0.2) is 237 Å². The normalized spacial score (nSPS) is 12.8. The van der Waals surface area contributed by atoms with Gasteiger partial charge in [0.05, 0.1) is 5.41 Å². The van der Waals surface area contributed by atoms with E-state index in [1.54, 1.807) is 0 Å². The second-order valence-electron chi connectivity index (χ2n) is 17.8. The minimum absolute atomic E-state index is 0.474. The van der Waals surface area contributed by atoms with E-state index in [4.69, 9.17) is 15.0 Å². The first-order chi connectivity index (χ1) is 33.7. The van der Waals surface area contributed by atoms with Crippen LogP contribution < -0.4 is 0 Å². The van der Waals surface area contributed by atoms with Crippen molar-refractivity contribution in [2.45, 2.75) is 5.41 Å². The van der Waals surface area contributed by atoms with Gasteiger partial charge in [0.1, 0.15) is 0 Å². The molecule has 14 rings (SSSR count). The van der Waals surface area contributed by atoms with Gasteiger partial charge in [-0.15, -0.1) is 11.3 Å². The molecule has 0 saturated heterocycles. The molecule has 0 aliphatic heterocycles. The van der Waals surface area contributed by atoms with Crippen molar-refractivity contribution >= 4 is 31.5 Å². The smallest absolute Gasteiger partial charge is 0.164 e. The summed E-state index contributed by atoms with van der Waals surface area (Å²) in [7, 11) is 0. The lowest BCUT2D eigenvalue weighted by Gasteiger charge is -2.30. The Morgan fingerprint density at radius 1 is 0.265 bits per heavy atom. The molecule has 3 nitrogen and oxygen atoms in total. The fourth-order valence-electron chi connectivity index (χ4n) is 11.1. The average molecular weight is 882 g/mol. The number of hydrogen-bond donors (Lipinski definition) is 0. The van der Waals surface area contributed by atoms with Crippen molar-refractivity contribution in [3.05, 3.63) is 259 Å². The number of thiophene rings is 1. The predicted octanol–water partition coefficient (Wildman–Crippen LogP) is 16.6. The SMILES string of the molecule is c1ccc(-c2cccc(-c3nc(-c4ccc(-c5ccc(-c6cccc7c6sc6ccccc67)cc5)cc4)nc(-c4ccc5c(c4)C4(c6ccccc6-c6ccccc64)c4ccccc4-5)n3)c2)cc1. The Kier molecular flexibility index (Phi) is 8.67. The number of benzene rings is 10. The Morgan fingerprint density at radius 2 is 0.691 bits per heavy atom. The lowest BCUT2D eigenvalue weighted by molar-refractivity contribution is 0.794. The summed E-state index contributed by atoms with van der Waals surface area (Å²) in [6.07, 6.45) is 0. The molecule has 1 spiro atoms. The minimum atomic E-state index is -0.474. The predicted molar refractivity (Wildman–Crippen MR) is 282 cm³/mol. The van der Waals surface area contributed by atoms with Crippen LogP contribution in [0, 0.1) is 0 Å². The van der Waals surface area contributed by atoms with Crippen LogP contribution >= 0.6 is 11.3 Å². The maximum absolute atomic E-state index is 5.33. The molecule has 316 valence electrons. The summed E-state index contributed by atoms with van der Waals surface area (Å²) < 4.78 is 2.64. The molecule has 2 aliphatic rings. The standard InChI is InChI=1S/C64H39N3S/c1-2-14-40(15-3-1)45-16-12-17-46(38-45)62-65-61(44-34-30-42(31-35-44)41-28-32-43(33-29-41)48-22-13-23-54-53-21-7-11-27-59(53)68-60(48)54)66-63(67-62)47-36-37-52-51-20-6-10-26-57(51)64(58(52)39-47)55-24-8-4-18-49(55)50-19-5-9-25-56(50)64/h1-39H. The zero-order valence-corrected chi connectivity index (χ0v) is 37.6. The third-order valence-corrected chi connectivity index (χ3v) is 15.4. The van der Waals surface area contributed by atoms with E-state index in [1.807, 2.05) is 17.4 Å². The minimum Gasteiger partial charge on any atom is -0.208 e. The van der Waals surface area contributed by atoms with Crippen LogP contribution in [-0.4, -0.2) is 15.0 Å². The van der Waals surface area contributed by atoms with Gasteiger partial charge in [-0.3, -0.25) is 0 Å². The lowest BCUT2D eigenvalue weighted by Crippen LogP contribution is -2.25. The van der Waals surface area contributed by atoms with Crippen LogP contribution in [0.2, 0.25) is 0 Å². The van der Waals surface area contributed by atoms with Crippen LogP contribution in [0.1, 0.15) is 22.3 Å². The molecule has 2 aromatic heterocycles. The van der Waals surface area contributed by atoms with Crippen molar-refractivity contribution < 1.29 is 0 Å². The third kappa shape index (κ3) is 5.88. The largest absolute Gasteiger partial charge is 0.208 e. The van der Waals surface area contributed by atoms with Gasteiger partial charge in [-0.1, -0.05) is 218 Å². The van der Waals surface area contributed by atoms with Gasteiger partial charge in [0.15, 0.2) is 17.5 Å². The highest BCUT2D eigenvalue weighted by Gasteiger charge is 2.51. The molecule has 0 N–H and O–H groups in total. The molecule has 12 aromatic rings. The summed E-state index contributed by atoms with van der Waals surface area (Å²) in [5.41, 5.74) is 19.6. The highest BCUT2D eigenvalue weighted by Crippen LogP contribution is 2.63. The van der Waals surface area contributed by atoms with E-state index in [0.717, 1.165) is 38.9 Å². The highest BCUT2D eigenvalue weighted by atomic mass is 32.1. The highest BCUT2D eigenvalue weighted by molar-refractivity contribution is 7.26. The maximum Gasteiger partial charge on any atom is 0.164 e. The Labute approximate surface area is 398 Å². The Bertz CT molecular complexity index is 3900. The van der Waals surface area contributed by atoms with Gasteiger partial charge < -0.3 is 0 Å². The summed E-state index contributed by atoms with van der Waals surface area (Å²) in [6, 6.07) is 85.6. The Balaban J connectivity index is 0.884. The Morgan fingerprint density at radius 3 is 1.35 bits per heavy atom. The Hall–Kier alpha value is -8.57. The molecule has 0 fully saturated rings. The number of aromatic nitrogens is 3. The molecule has 2 aliphatic carbocycles. The van der Waals surface area contributed by atoms with Crippen LogP contribution in [0.4, 0.5) is 0 Å². The number of nitrogens with zero attached hydrogens (tertiary/aromatic N) is 3. The van der Waals surface area contributed by atoms with E-state index in [-0.39, 0.29) is 0 Å². The molecule has 2 heterocycles. The second-order valence-corrected chi connectivity index (χ2v) is 18.9. The molecule has 0 atom stereocenters. The van der Waals surface area contributed by atoms with Crippen LogP contribution in [0.3, 0.4) is 0 Å². The molecule has 0 saturated carbocycles. The lowest BCUT2D eigenvalue weighted by atomic mass is 9.70. The molecule has 0 unspecified atom stereocenters. The third-order valence-electron chi connectivity index (χ3n) is 14.2. The molecule has 0 bridgehead atoms. The first-order valence-corrected chi connectivity index (χ1v) is 24.0. The number of fused-ring (bicyclic) bond motifs is 13. The summed E-state index contributed by atoms with van der Waals surface area (Å²) in [5.74, 6) is 1.89.